The van der Waals surface area contributed by atoms with Gasteiger partial charge in [0, 0.05) is 55.4 Å². The lowest BCUT2D eigenvalue weighted by molar-refractivity contribution is -0.0567. The summed E-state index contributed by atoms with van der Waals surface area (Å²) >= 11 is 0. The number of hydrogen-bond donors (Lipinski definition) is 1. The zero-order valence-corrected chi connectivity index (χ0v) is 15.9. The molecule has 0 aliphatic carbocycles. The predicted molar refractivity (Wildman–Crippen MR) is 103 cm³/mol. The minimum Gasteiger partial charge on any atom is -0.329 e. The summed E-state index contributed by atoms with van der Waals surface area (Å²) in [7, 11) is 1.93. The molecule has 3 aromatic rings. The van der Waals surface area contributed by atoms with Gasteiger partial charge in [-0.15, -0.1) is 0 Å². The number of aromatic amines is 1. The van der Waals surface area contributed by atoms with Crippen LogP contribution >= 0.6 is 0 Å². The molecular weight excluding hydrogens is 340 g/mol. The van der Waals surface area contributed by atoms with Crippen molar-refractivity contribution in [1.29, 1.82) is 0 Å². The van der Waals surface area contributed by atoms with Gasteiger partial charge in [-0.05, 0) is 38.5 Å². The molecule has 7 nitrogen and oxygen atoms in total. The molecule has 7 heteroatoms. The van der Waals surface area contributed by atoms with Crippen LogP contribution in [0.5, 0.6) is 0 Å². The zero-order chi connectivity index (χ0) is 18.7. The molecule has 3 aliphatic rings. The van der Waals surface area contributed by atoms with E-state index in [9.17, 15) is 4.79 Å². The number of hydrogen-bond acceptors (Lipinski definition) is 4. The molecule has 2 bridgehead atoms. The first-order valence-electron chi connectivity index (χ1n) is 9.55. The molecule has 3 saturated heterocycles. The molecule has 0 aromatic carbocycles. The van der Waals surface area contributed by atoms with Crippen molar-refractivity contribution in [2.75, 3.05) is 13.1 Å². The van der Waals surface area contributed by atoms with Gasteiger partial charge in [-0.25, -0.2) is 4.98 Å². The van der Waals surface area contributed by atoms with Gasteiger partial charge < -0.3 is 9.47 Å². The van der Waals surface area contributed by atoms with Crippen molar-refractivity contribution in [3.8, 4) is 11.3 Å². The first-order chi connectivity index (χ1) is 13.0. The third kappa shape index (κ3) is 2.49. The molecule has 1 N–H and O–H groups in total. The van der Waals surface area contributed by atoms with Gasteiger partial charge in [-0.3, -0.25) is 14.8 Å². The lowest BCUT2D eigenvalue weighted by Gasteiger charge is -2.57. The largest absolute Gasteiger partial charge is 0.329 e. The van der Waals surface area contributed by atoms with Crippen LogP contribution in [-0.4, -0.2) is 66.7 Å². The van der Waals surface area contributed by atoms with Crippen molar-refractivity contribution in [3.05, 3.63) is 36.3 Å². The Labute approximate surface area is 158 Å². The van der Waals surface area contributed by atoms with E-state index in [0.717, 1.165) is 47.5 Å². The van der Waals surface area contributed by atoms with Gasteiger partial charge in [0.2, 0.25) is 0 Å². The lowest BCUT2D eigenvalue weighted by Crippen LogP contribution is -2.71. The molecule has 0 radical (unpaired) electrons. The van der Waals surface area contributed by atoms with Crippen LogP contribution in [-0.2, 0) is 7.05 Å². The van der Waals surface area contributed by atoms with Gasteiger partial charge in [0.15, 0.2) is 0 Å². The highest BCUT2D eigenvalue weighted by Gasteiger charge is 2.48. The number of carbonyl (C=O) groups is 1. The van der Waals surface area contributed by atoms with Gasteiger partial charge in [0.25, 0.3) is 5.91 Å². The fourth-order valence-electron chi connectivity index (χ4n) is 4.48. The number of H-pyrrole nitrogens is 1. The van der Waals surface area contributed by atoms with Crippen molar-refractivity contribution in [1.82, 2.24) is 29.5 Å². The monoisotopic (exact) mass is 364 g/mol. The second kappa shape index (κ2) is 5.92. The Kier molecular flexibility index (Phi) is 3.62. The zero-order valence-electron chi connectivity index (χ0n) is 15.9. The molecule has 6 rings (SSSR count). The molecule has 2 atom stereocenters. The van der Waals surface area contributed by atoms with Crippen LogP contribution in [0.1, 0.15) is 30.8 Å². The number of fused-ring (bicyclic) bond motifs is 3. The molecule has 6 heterocycles. The molecule has 3 aliphatic heterocycles. The van der Waals surface area contributed by atoms with E-state index in [0.29, 0.717) is 18.1 Å². The molecular formula is C20H24N6O. The van der Waals surface area contributed by atoms with E-state index >= 15 is 0 Å². The second-order valence-electron chi connectivity index (χ2n) is 7.99. The van der Waals surface area contributed by atoms with Gasteiger partial charge in [0.05, 0.1) is 11.9 Å². The Balaban J connectivity index is 1.45. The lowest BCUT2D eigenvalue weighted by atomic mass is 9.86. The summed E-state index contributed by atoms with van der Waals surface area (Å²) in [4.78, 5) is 22.6. The predicted octanol–water partition coefficient (Wildman–Crippen LogP) is 2.27. The molecule has 1 amide bonds. The number of carbonyl (C=O) groups excluding carboxylic acids is 1. The minimum atomic E-state index is 0.130. The third-order valence-electron chi connectivity index (χ3n) is 6.08. The van der Waals surface area contributed by atoms with Crippen LogP contribution in [0.4, 0.5) is 0 Å². The Morgan fingerprint density at radius 2 is 2.04 bits per heavy atom. The summed E-state index contributed by atoms with van der Waals surface area (Å²) in [5.41, 5.74) is 3.34. The smallest absolute Gasteiger partial charge is 0.271 e. The van der Waals surface area contributed by atoms with Gasteiger partial charge in [-0.1, -0.05) is 0 Å². The fraction of sp³-hybridized carbons (Fsp3) is 0.450. The quantitative estimate of drug-likeness (QED) is 0.774. The standard InChI is InChI=1S/C20H24N6O/c1-12(2)25-10-15-7-16(11-25)26(15)20(27)18-6-13-4-5-17(14-8-21-22-9-14)23-19(13)24(18)3/h4-6,8-9,12,15-16H,7,10-11H2,1-3H3,(H,21,22). The van der Waals surface area contributed by atoms with Crippen molar-refractivity contribution in [2.24, 2.45) is 7.05 Å². The van der Waals surface area contributed by atoms with E-state index in [4.69, 9.17) is 4.98 Å². The number of amides is 1. The summed E-state index contributed by atoms with van der Waals surface area (Å²) in [5, 5.41) is 7.80. The number of piperidine rings is 1. The summed E-state index contributed by atoms with van der Waals surface area (Å²) in [5.74, 6) is 0.130. The minimum absolute atomic E-state index is 0.130. The summed E-state index contributed by atoms with van der Waals surface area (Å²) in [6.07, 6.45) is 4.71. The first-order valence-corrected chi connectivity index (χ1v) is 9.55. The van der Waals surface area contributed by atoms with Crippen molar-refractivity contribution < 1.29 is 4.79 Å². The first kappa shape index (κ1) is 16.5. The Hall–Kier alpha value is -2.67. The van der Waals surface area contributed by atoms with E-state index < -0.39 is 0 Å². The van der Waals surface area contributed by atoms with Crippen molar-refractivity contribution in [3.63, 3.8) is 0 Å². The summed E-state index contributed by atoms with van der Waals surface area (Å²) < 4.78 is 1.93. The van der Waals surface area contributed by atoms with Crippen LogP contribution in [0.3, 0.4) is 0 Å². The van der Waals surface area contributed by atoms with Crippen molar-refractivity contribution in [2.45, 2.75) is 38.4 Å². The molecule has 0 spiro atoms. The number of nitrogens with one attached hydrogen (secondary N) is 1. The maximum absolute atomic E-state index is 13.3. The molecule has 0 saturated carbocycles. The van der Waals surface area contributed by atoms with Gasteiger partial charge >= 0.3 is 0 Å². The molecule has 27 heavy (non-hydrogen) atoms. The van der Waals surface area contributed by atoms with Crippen LogP contribution in [0.2, 0.25) is 0 Å². The van der Waals surface area contributed by atoms with Crippen LogP contribution in [0.25, 0.3) is 22.3 Å². The topological polar surface area (TPSA) is 70.1 Å². The number of piperazine rings is 1. The highest BCUT2D eigenvalue weighted by Crippen LogP contribution is 2.35. The highest BCUT2D eigenvalue weighted by molar-refractivity contribution is 5.99. The third-order valence-corrected chi connectivity index (χ3v) is 6.08. The Morgan fingerprint density at radius 1 is 1.26 bits per heavy atom. The maximum atomic E-state index is 13.3. The average molecular weight is 364 g/mol. The second-order valence-corrected chi connectivity index (χ2v) is 7.99. The number of aryl methyl sites for hydroxylation is 1. The molecule has 3 aromatic heterocycles. The van der Waals surface area contributed by atoms with Crippen LogP contribution < -0.4 is 0 Å². The van der Waals surface area contributed by atoms with E-state index in [1.165, 1.54) is 0 Å². The van der Waals surface area contributed by atoms with Crippen molar-refractivity contribution >= 4 is 16.9 Å². The number of rotatable bonds is 3. The Morgan fingerprint density at radius 3 is 2.70 bits per heavy atom. The van der Waals surface area contributed by atoms with E-state index in [1.807, 2.05) is 36.0 Å². The van der Waals surface area contributed by atoms with E-state index in [-0.39, 0.29) is 5.91 Å². The normalized spacial score (nSPS) is 22.4. The maximum Gasteiger partial charge on any atom is 0.271 e. The average Bonchev–Trinajstić information content (AvgIpc) is 3.30. The highest BCUT2D eigenvalue weighted by atomic mass is 16.2. The van der Waals surface area contributed by atoms with Gasteiger partial charge in [0.1, 0.15) is 11.3 Å². The van der Waals surface area contributed by atoms with Crippen LogP contribution in [0, 0.1) is 0 Å². The van der Waals surface area contributed by atoms with E-state index in [2.05, 4.69) is 33.8 Å². The van der Waals surface area contributed by atoms with Gasteiger partial charge in [-0.2, -0.15) is 5.10 Å². The Bertz CT molecular complexity index is 993. The molecule has 3 fully saturated rings. The summed E-state index contributed by atoms with van der Waals surface area (Å²) in [6, 6.07) is 7.19. The number of aromatic nitrogens is 4. The molecule has 2 unspecified atom stereocenters. The summed E-state index contributed by atoms with van der Waals surface area (Å²) in [6.45, 7) is 6.41. The fourth-order valence-corrected chi connectivity index (χ4v) is 4.48. The molecule has 140 valence electrons. The number of nitrogens with zero attached hydrogens (tertiary/aromatic N) is 5. The number of pyridine rings is 1. The SMILES string of the molecule is CC(C)N1CC2CC(C1)N2C(=O)c1cc2ccc(-c3cn[nH]c3)nc2n1C. The van der Waals surface area contributed by atoms with E-state index in [1.54, 1.807) is 6.20 Å². The van der Waals surface area contributed by atoms with Crippen LogP contribution in [0.15, 0.2) is 30.6 Å².